The molecule has 3 heterocycles. The first-order valence-corrected chi connectivity index (χ1v) is 11.0. The average molecular weight is 384 g/mol. The number of hydrogen-bond acceptors (Lipinski definition) is 4. The first kappa shape index (κ1) is 18.5. The Labute approximate surface area is 166 Å². The molecule has 1 N–H and O–H groups in total. The maximum atomic E-state index is 12.5. The number of nitrogens with one attached hydrogen (secondary N) is 1. The largest absolute Gasteiger partial charge is 0.374 e. The predicted molar refractivity (Wildman–Crippen MR) is 113 cm³/mol. The number of aryl methyl sites for hydroxylation is 1. The van der Waals surface area contributed by atoms with Gasteiger partial charge in [0.25, 0.3) is 5.91 Å². The van der Waals surface area contributed by atoms with Crippen molar-refractivity contribution in [3.8, 4) is 0 Å². The number of anilines is 1. The summed E-state index contributed by atoms with van der Waals surface area (Å²) in [5.74, 6) is 0.0460. The Morgan fingerprint density at radius 1 is 1.15 bits per heavy atom. The van der Waals surface area contributed by atoms with Gasteiger partial charge in [0, 0.05) is 25.8 Å². The molecule has 0 bridgehead atoms. The molecule has 2 aliphatic heterocycles. The van der Waals surface area contributed by atoms with E-state index in [2.05, 4.69) is 40.4 Å². The first-order valence-electron chi connectivity index (χ1n) is 10.1. The fraction of sp³-hybridized carbons (Fsp3) is 0.500. The molecule has 1 aromatic heterocycles. The van der Waals surface area contributed by atoms with E-state index in [0.717, 1.165) is 30.9 Å². The summed E-state index contributed by atoms with van der Waals surface area (Å²) in [5, 5.41) is 5.14. The lowest BCUT2D eigenvalue weighted by atomic mass is 9.95. The summed E-state index contributed by atoms with van der Waals surface area (Å²) < 4.78 is 0. The minimum absolute atomic E-state index is 0.0460. The number of benzene rings is 1. The van der Waals surface area contributed by atoms with Gasteiger partial charge in [0.1, 0.15) is 0 Å². The standard InChI is InChI=1S/C22H29N3OS/c1-24-11-5-7-17-15-18(9-10-19(17)24)20(25-12-3-2-4-13-25)16-23-22(26)21-8-6-14-27-21/h6,8-10,14-15,20H,2-5,7,11-13,16H2,1H3,(H,23,26). The monoisotopic (exact) mass is 383 g/mol. The van der Waals surface area contributed by atoms with Gasteiger partial charge in [0.2, 0.25) is 0 Å². The Kier molecular flexibility index (Phi) is 5.79. The molecule has 1 aromatic carbocycles. The van der Waals surface area contributed by atoms with Crippen molar-refractivity contribution in [2.75, 3.05) is 38.1 Å². The second kappa shape index (κ2) is 8.44. The number of rotatable bonds is 5. The molecule has 144 valence electrons. The van der Waals surface area contributed by atoms with E-state index in [1.165, 1.54) is 53.8 Å². The quantitative estimate of drug-likeness (QED) is 0.845. The third-order valence-electron chi connectivity index (χ3n) is 5.87. The molecule has 2 aromatic rings. The van der Waals surface area contributed by atoms with Crippen molar-refractivity contribution in [2.24, 2.45) is 0 Å². The summed E-state index contributed by atoms with van der Waals surface area (Å²) >= 11 is 1.50. The average Bonchev–Trinajstić information content (AvgIpc) is 3.24. The lowest BCUT2D eigenvalue weighted by Crippen LogP contribution is -2.40. The van der Waals surface area contributed by atoms with Gasteiger partial charge in [-0.25, -0.2) is 0 Å². The van der Waals surface area contributed by atoms with E-state index in [1.807, 2.05) is 17.5 Å². The van der Waals surface area contributed by atoms with Crippen LogP contribution >= 0.6 is 11.3 Å². The van der Waals surface area contributed by atoms with Crippen molar-refractivity contribution < 1.29 is 4.79 Å². The lowest BCUT2D eigenvalue weighted by Gasteiger charge is -2.36. The number of piperidine rings is 1. The molecule has 0 radical (unpaired) electrons. The van der Waals surface area contributed by atoms with Crippen LogP contribution in [0.4, 0.5) is 5.69 Å². The van der Waals surface area contributed by atoms with Crippen LogP contribution in [-0.4, -0.2) is 44.0 Å². The maximum Gasteiger partial charge on any atom is 0.261 e. The summed E-state index contributed by atoms with van der Waals surface area (Å²) in [6.07, 6.45) is 6.20. The van der Waals surface area contributed by atoms with Gasteiger partial charge in [0.15, 0.2) is 0 Å². The molecule has 1 saturated heterocycles. The van der Waals surface area contributed by atoms with E-state index in [0.29, 0.717) is 6.54 Å². The van der Waals surface area contributed by atoms with E-state index < -0.39 is 0 Å². The Bertz CT molecular complexity index is 768. The van der Waals surface area contributed by atoms with Gasteiger partial charge < -0.3 is 10.2 Å². The molecule has 5 heteroatoms. The molecule has 1 amide bonds. The number of hydrogen-bond donors (Lipinski definition) is 1. The number of thiophene rings is 1. The molecule has 4 rings (SSSR count). The summed E-state index contributed by atoms with van der Waals surface area (Å²) in [4.78, 5) is 18.2. The molecule has 1 unspecified atom stereocenters. The van der Waals surface area contributed by atoms with Gasteiger partial charge in [-0.2, -0.15) is 0 Å². The molecule has 27 heavy (non-hydrogen) atoms. The number of carbonyl (C=O) groups is 1. The van der Waals surface area contributed by atoms with Crippen LogP contribution in [0.5, 0.6) is 0 Å². The third kappa shape index (κ3) is 4.19. The van der Waals surface area contributed by atoms with Crippen molar-refractivity contribution in [3.63, 3.8) is 0 Å². The molecule has 0 aliphatic carbocycles. The van der Waals surface area contributed by atoms with Crippen molar-refractivity contribution in [2.45, 2.75) is 38.1 Å². The number of nitrogens with zero attached hydrogens (tertiary/aromatic N) is 2. The van der Waals surface area contributed by atoms with Gasteiger partial charge >= 0.3 is 0 Å². The van der Waals surface area contributed by atoms with Gasteiger partial charge in [-0.3, -0.25) is 9.69 Å². The molecule has 2 aliphatic rings. The van der Waals surface area contributed by atoms with Crippen molar-refractivity contribution in [3.05, 3.63) is 51.7 Å². The lowest BCUT2D eigenvalue weighted by molar-refractivity contribution is 0.0928. The van der Waals surface area contributed by atoms with Gasteiger partial charge in [-0.05, 0) is 67.4 Å². The Morgan fingerprint density at radius 3 is 2.78 bits per heavy atom. The summed E-state index contributed by atoms with van der Waals surface area (Å²) in [6.45, 7) is 4.05. The SMILES string of the molecule is CN1CCCc2cc(C(CNC(=O)c3cccs3)N3CCCCC3)ccc21. The van der Waals surface area contributed by atoms with Crippen LogP contribution in [0, 0.1) is 0 Å². The van der Waals surface area contributed by atoms with E-state index >= 15 is 0 Å². The van der Waals surface area contributed by atoms with Gasteiger partial charge in [-0.15, -0.1) is 11.3 Å². The predicted octanol–water partition coefficient (Wildman–Crippen LogP) is 4.09. The molecular weight excluding hydrogens is 354 g/mol. The Hall–Kier alpha value is -1.85. The third-order valence-corrected chi connectivity index (χ3v) is 6.74. The number of fused-ring (bicyclic) bond motifs is 1. The number of likely N-dealkylation sites (tertiary alicyclic amines) is 1. The minimum atomic E-state index is 0.0460. The highest BCUT2D eigenvalue weighted by atomic mass is 32.1. The second-order valence-corrected chi connectivity index (χ2v) is 8.66. The van der Waals surface area contributed by atoms with Crippen LogP contribution in [0.2, 0.25) is 0 Å². The normalized spacial score (nSPS) is 18.8. The highest BCUT2D eigenvalue weighted by Gasteiger charge is 2.25. The van der Waals surface area contributed by atoms with Crippen LogP contribution in [0.1, 0.15) is 52.5 Å². The number of amides is 1. The minimum Gasteiger partial charge on any atom is -0.374 e. The molecule has 4 nitrogen and oxygen atoms in total. The van der Waals surface area contributed by atoms with E-state index in [-0.39, 0.29) is 11.9 Å². The van der Waals surface area contributed by atoms with Crippen LogP contribution in [0.15, 0.2) is 35.7 Å². The van der Waals surface area contributed by atoms with E-state index in [9.17, 15) is 4.79 Å². The van der Waals surface area contributed by atoms with Crippen molar-refractivity contribution >= 4 is 22.9 Å². The zero-order valence-electron chi connectivity index (χ0n) is 16.1. The summed E-state index contributed by atoms with van der Waals surface area (Å²) in [6, 6.07) is 11.0. The van der Waals surface area contributed by atoms with Crippen LogP contribution in [0.3, 0.4) is 0 Å². The summed E-state index contributed by atoms with van der Waals surface area (Å²) in [5.41, 5.74) is 4.16. The van der Waals surface area contributed by atoms with Crippen molar-refractivity contribution in [1.29, 1.82) is 0 Å². The maximum absolute atomic E-state index is 12.5. The van der Waals surface area contributed by atoms with Crippen LogP contribution in [0.25, 0.3) is 0 Å². The van der Waals surface area contributed by atoms with Crippen LogP contribution < -0.4 is 10.2 Å². The zero-order chi connectivity index (χ0) is 18.6. The fourth-order valence-corrected chi connectivity index (χ4v) is 5.02. The highest BCUT2D eigenvalue weighted by molar-refractivity contribution is 7.12. The number of carbonyl (C=O) groups excluding carboxylic acids is 1. The first-order chi connectivity index (χ1) is 13.2. The fourth-order valence-electron chi connectivity index (χ4n) is 4.38. The molecule has 1 atom stereocenters. The second-order valence-electron chi connectivity index (χ2n) is 7.71. The molecule has 1 fully saturated rings. The van der Waals surface area contributed by atoms with Gasteiger partial charge in [-0.1, -0.05) is 24.6 Å². The van der Waals surface area contributed by atoms with E-state index in [1.54, 1.807) is 0 Å². The molecular formula is C22H29N3OS. The Morgan fingerprint density at radius 2 is 2.00 bits per heavy atom. The zero-order valence-corrected chi connectivity index (χ0v) is 16.9. The van der Waals surface area contributed by atoms with E-state index in [4.69, 9.17) is 0 Å². The molecule has 0 saturated carbocycles. The summed E-state index contributed by atoms with van der Waals surface area (Å²) in [7, 11) is 2.18. The Balaban J connectivity index is 1.55. The van der Waals surface area contributed by atoms with Crippen molar-refractivity contribution in [1.82, 2.24) is 10.2 Å². The molecule has 0 spiro atoms. The van der Waals surface area contributed by atoms with Gasteiger partial charge in [0.05, 0.1) is 10.9 Å². The smallest absolute Gasteiger partial charge is 0.261 e. The topological polar surface area (TPSA) is 35.6 Å². The highest BCUT2D eigenvalue weighted by Crippen LogP contribution is 2.31. The van der Waals surface area contributed by atoms with Crippen LogP contribution in [-0.2, 0) is 6.42 Å².